The Morgan fingerprint density at radius 2 is 1.92 bits per heavy atom. The zero-order valence-electron chi connectivity index (χ0n) is 14.7. The van der Waals surface area contributed by atoms with Gasteiger partial charge in [-0.05, 0) is 61.2 Å². The summed E-state index contributed by atoms with van der Waals surface area (Å²) in [6.45, 7) is 3.09. The number of aryl methyl sites for hydroxylation is 1. The highest BCUT2D eigenvalue weighted by Crippen LogP contribution is 2.21. The summed E-state index contributed by atoms with van der Waals surface area (Å²) in [4.78, 5) is 11.9. The summed E-state index contributed by atoms with van der Waals surface area (Å²) < 4.78 is 10.8. The van der Waals surface area contributed by atoms with E-state index in [1.165, 1.54) is 5.56 Å². The van der Waals surface area contributed by atoms with Crippen LogP contribution in [-0.4, -0.2) is 26.2 Å². The number of hydrogen-bond donors (Lipinski definition) is 1. The van der Waals surface area contributed by atoms with Gasteiger partial charge in [-0.15, -0.1) is 0 Å². The molecule has 0 aromatic heterocycles. The number of methoxy groups -OCH3 is 1. The molecular formula is C20H24ClNO3. The number of carbonyl (C=O) groups excluding carboxylic acids is 1. The number of rotatable bonds is 9. The van der Waals surface area contributed by atoms with Gasteiger partial charge in [0.2, 0.25) is 5.91 Å². The second kappa shape index (κ2) is 9.94. The third-order valence-electron chi connectivity index (χ3n) is 3.84. The third-order valence-corrected chi connectivity index (χ3v) is 4.07. The van der Waals surface area contributed by atoms with Gasteiger partial charge in [-0.1, -0.05) is 23.7 Å². The molecule has 0 aliphatic carbocycles. The molecule has 25 heavy (non-hydrogen) atoms. The van der Waals surface area contributed by atoms with Crippen LogP contribution >= 0.6 is 11.6 Å². The summed E-state index contributed by atoms with van der Waals surface area (Å²) in [5.41, 5.74) is 2.17. The van der Waals surface area contributed by atoms with E-state index in [9.17, 15) is 4.79 Å². The molecule has 0 fully saturated rings. The number of benzene rings is 2. The molecule has 1 amide bonds. The highest BCUT2D eigenvalue weighted by molar-refractivity contribution is 6.30. The monoisotopic (exact) mass is 361 g/mol. The molecule has 0 atom stereocenters. The Morgan fingerprint density at radius 1 is 1.16 bits per heavy atom. The van der Waals surface area contributed by atoms with Crippen LogP contribution in [-0.2, 0) is 11.2 Å². The standard InChI is InChI=1S/C20H24ClNO3/c1-15-14-17(21)7-10-19(15)25-13-3-4-20(23)22-12-11-16-5-8-18(24-2)9-6-16/h5-10,14H,3-4,11-13H2,1-2H3,(H,22,23). The van der Waals surface area contributed by atoms with Gasteiger partial charge in [0.25, 0.3) is 0 Å². The molecule has 134 valence electrons. The third kappa shape index (κ3) is 6.67. The zero-order valence-corrected chi connectivity index (χ0v) is 15.4. The molecule has 0 spiro atoms. The number of carbonyl (C=O) groups is 1. The van der Waals surface area contributed by atoms with E-state index in [2.05, 4.69) is 5.32 Å². The van der Waals surface area contributed by atoms with Crippen molar-refractivity contribution in [3.63, 3.8) is 0 Å². The van der Waals surface area contributed by atoms with Gasteiger partial charge in [0.05, 0.1) is 13.7 Å². The van der Waals surface area contributed by atoms with Gasteiger partial charge < -0.3 is 14.8 Å². The maximum absolute atomic E-state index is 11.9. The highest BCUT2D eigenvalue weighted by atomic mass is 35.5. The largest absolute Gasteiger partial charge is 0.497 e. The Hall–Kier alpha value is -2.20. The predicted octanol–water partition coefficient (Wildman–Crippen LogP) is 4.17. The van der Waals surface area contributed by atoms with Gasteiger partial charge in [-0.3, -0.25) is 4.79 Å². The van der Waals surface area contributed by atoms with Crippen LogP contribution in [0.25, 0.3) is 0 Å². The van der Waals surface area contributed by atoms with E-state index in [1.807, 2.05) is 43.3 Å². The SMILES string of the molecule is COc1ccc(CCNC(=O)CCCOc2ccc(Cl)cc2C)cc1. The predicted molar refractivity (Wildman–Crippen MR) is 101 cm³/mol. The second-order valence-electron chi connectivity index (χ2n) is 5.81. The molecule has 0 saturated carbocycles. The first kappa shape index (κ1) is 19.1. The first-order chi connectivity index (χ1) is 12.1. The minimum absolute atomic E-state index is 0.0462. The Kier molecular flexibility index (Phi) is 7.61. The van der Waals surface area contributed by atoms with Gasteiger partial charge >= 0.3 is 0 Å². The summed E-state index contributed by atoms with van der Waals surface area (Å²) in [7, 11) is 1.65. The van der Waals surface area contributed by atoms with Crippen LogP contribution in [0, 0.1) is 6.92 Å². The van der Waals surface area contributed by atoms with E-state index in [1.54, 1.807) is 13.2 Å². The van der Waals surface area contributed by atoms with E-state index in [-0.39, 0.29) is 5.91 Å². The smallest absolute Gasteiger partial charge is 0.220 e. The van der Waals surface area contributed by atoms with Crippen LogP contribution in [0.2, 0.25) is 5.02 Å². The molecule has 5 heteroatoms. The lowest BCUT2D eigenvalue weighted by molar-refractivity contribution is -0.121. The zero-order chi connectivity index (χ0) is 18.1. The van der Waals surface area contributed by atoms with Crippen molar-refractivity contribution in [1.29, 1.82) is 0 Å². The molecule has 0 bridgehead atoms. The fourth-order valence-electron chi connectivity index (χ4n) is 2.42. The van der Waals surface area contributed by atoms with Crippen molar-refractivity contribution in [1.82, 2.24) is 5.32 Å². The normalized spacial score (nSPS) is 10.4. The molecular weight excluding hydrogens is 338 g/mol. The maximum atomic E-state index is 11.9. The van der Waals surface area contributed by atoms with Gasteiger partial charge in [-0.25, -0.2) is 0 Å². The van der Waals surface area contributed by atoms with Crippen molar-refractivity contribution in [3.05, 3.63) is 58.6 Å². The average Bonchev–Trinajstić information content (AvgIpc) is 2.61. The van der Waals surface area contributed by atoms with E-state index in [0.717, 1.165) is 23.5 Å². The second-order valence-corrected chi connectivity index (χ2v) is 6.25. The minimum Gasteiger partial charge on any atom is -0.497 e. The van der Waals surface area contributed by atoms with Crippen molar-refractivity contribution in [2.75, 3.05) is 20.3 Å². The van der Waals surface area contributed by atoms with Crippen molar-refractivity contribution in [2.24, 2.45) is 0 Å². The van der Waals surface area contributed by atoms with Crippen molar-refractivity contribution in [2.45, 2.75) is 26.2 Å². The highest BCUT2D eigenvalue weighted by Gasteiger charge is 2.04. The Morgan fingerprint density at radius 3 is 2.60 bits per heavy atom. The van der Waals surface area contributed by atoms with Crippen LogP contribution in [0.15, 0.2) is 42.5 Å². The lowest BCUT2D eigenvalue weighted by Gasteiger charge is -2.09. The molecule has 0 heterocycles. The van der Waals surface area contributed by atoms with Crippen molar-refractivity contribution < 1.29 is 14.3 Å². The lowest BCUT2D eigenvalue weighted by atomic mass is 10.1. The molecule has 2 aromatic carbocycles. The van der Waals surface area contributed by atoms with E-state index >= 15 is 0 Å². The van der Waals surface area contributed by atoms with Crippen LogP contribution in [0.1, 0.15) is 24.0 Å². The molecule has 1 N–H and O–H groups in total. The van der Waals surface area contributed by atoms with Gasteiger partial charge in [0.15, 0.2) is 0 Å². The number of hydrogen-bond acceptors (Lipinski definition) is 3. The number of nitrogens with one attached hydrogen (secondary N) is 1. The van der Waals surface area contributed by atoms with Crippen LogP contribution in [0.5, 0.6) is 11.5 Å². The molecule has 0 saturated heterocycles. The molecule has 0 radical (unpaired) electrons. The molecule has 2 rings (SSSR count). The summed E-state index contributed by atoms with van der Waals surface area (Å²) in [5.74, 6) is 1.69. The summed E-state index contributed by atoms with van der Waals surface area (Å²) in [6.07, 6.45) is 1.93. The number of ether oxygens (including phenoxy) is 2. The quantitative estimate of drug-likeness (QED) is 0.682. The first-order valence-electron chi connectivity index (χ1n) is 8.37. The maximum Gasteiger partial charge on any atom is 0.220 e. The fourth-order valence-corrected chi connectivity index (χ4v) is 2.64. The van der Waals surface area contributed by atoms with Gasteiger partial charge in [-0.2, -0.15) is 0 Å². The lowest BCUT2D eigenvalue weighted by Crippen LogP contribution is -2.25. The van der Waals surface area contributed by atoms with Crippen LogP contribution in [0.4, 0.5) is 0 Å². The van der Waals surface area contributed by atoms with Crippen molar-refractivity contribution >= 4 is 17.5 Å². The van der Waals surface area contributed by atoms with Crippen LogP contribution < -0.4 is 14.8 Å². The Balaban J connectivity index is 1.60. The number of halogens is 1. The van der Waals surface area contributed by atoms with Crippen molar-refractivity contribution in [3.8, 4) is 11.5 Å². The molecule has 4 nitrogen and oxygen atoms in total. The average molecular weight is 362 g/mol. The van der Waals surface area contributed by atoms with Crippen LogP contribution in [0.3, 0.4) is 0 Å². The van der Waals surface area contributed by atoms with Gasteiger partial charge in [0.1, 0.15) is 11.5 Å². The van der Waals surface area contributed by atoms with E-state index < -0.39 is 0 Å². The summed E-state index contributed by atoms with van der Waals surface area (Å²) in [5, 5.41) is 3.63. The van der Waals surface area contributed by atoms with E-state index in [0.29, 0.717) is 31.0 Å². The van der Waals surface area contributed by atoms with E-state index in [4.69, 9.17) is 21.1 Å². The molecule has 0 unspecified atom stereocenters. The Labute approximate surface area is 154 Å². The Bertz CT molecular complexity index is 686. The fraction of sp³-hybridized carbons (Fsp3) is 0.350. The topological polar surface area (TPSA) is 47.6 Å². The first-order valence-corrected chi connectivity index (χ1v) is 8.75. The summed E-state index contributed by atoms with van der Waals surface area (Å²) in [6, 6.07) is 13.4. The molecule has 2 aromatic rings. The number of amides is 1. The molecule has 0 aliphatic rings. The van der Waals surface area contributed by atoms with Gasteiger partial charge in [0, 0.05) is 18.0 Å². The summed E-state index contributed by atoms with van der Waals surface area (Å²) >= 11 is 5.91. The minimum atomic E-state index is 0.0462. The molecule has 0 aliphatic heterocycles.